The van der Waals surface area contributed by atoms with Gasteiger partial charge in [-0.2, -0.15) is 4.98 Å². The van der Waals surface area contributed by atoms with Gasteiger partial charge in [0.15, 0.2) is 12.4 Å². The number of thiophene rings is 1. The molecule has 1 amide bonds. The second-order valence-corrected chi connectivity index (χ2v) is 10.3. The molecule has 0 aliphatic heterocycles. The molecule has 5 nitrogen and oxygen atoms in total. The lowest BCUT2D eigenvalue weighted by Gasteiger charge is -2.15. The highest BCUT2D eigenvalue weighted by Crippen LogP contribution is 2.40. The summed E-state index contributed by atoms with van der Waals surface area (Å²) < 4.78 is 6.11. The Morgan fingerprint density at radius 1 is 0.971 bits per heavy atom. The van der Waals surface area contributed by atoms with Crippen LogP contribution in [0.1, 0.15) is 45.5 Å². The molecule has 0 radical (unpaired) electrons. The van der Waals surface area contributed by atoms with Gasteiger partial charge in [0.05, 0.1) is 5.39 Å². The van der Waals surface area contributed by atoms with E-state index in [1.54, 1.807) is 11.3 Å². The lowest BCUT2D eigenvalue weighted by Crippen LogP contribution is -2.22. The van der Waals surface area contributed by atoms with Crippen LogP contribution in [0, 0.1) is 27.7 Å². The summed E-state index contributed by atoms with van der Waals surface area (Å²) in [5.41, 5.74) is 7.54. The molecule has 1 N–H and O–H groups in total. The molecule has 5 rings (SSSR count). The number of anilines is 1. The van der Waals surface area contributed by atoms with Crippen LogP contribution in [0.25, 0.3) is 21.6 Å². The van der Waals surface area contributed by atoms with Gasteiger partial charge in [-0.3, -0.25) is 4.79 Å². The molecule has 34 heavy (non-hydrogen) atoms. The van der Waals surface area contributed by atoms with E-state index in [1.165, 1.54) is 28.0 Å². The fraction of sp³-hybridized carbons (Fsp3) is 0.321. The van der Waals surface area contributed by atoms with Gasteiger partial charge in [-0.1, -0.05) is 47.5 Å². The molecule has 0 saturated carbocycles. The van der Waals surface area contributed by atoms with Gasteiger partial charge in [-0.05, 0) is 70.1 Å². The molecule has 0 fully saturated rings. The van der Waals surface area contributed by atoms with Crippen molar-refractivity contribution in [3.8, 4) is 17.3 Å². The first kappa shape index (κ1) is 22.5. The van der Waals surface area contributed by atoms with Gasteiger partial charge in [-0.25, -0.2) is 4.98 Å². The minimum atomic E-state index is -0.192. The molecule has 0 bridgehead atoms. The smallest absolute Gasteiger partial charge is 0.262 e. The monoisotopic (exact) mass is 471 g/mol. The zero-order valence-electron chi connectivity index (χ0n) is 20.1. The fourth-order valence-corrected chi connectivity index (χ4v) is 6.00. The minimum Gasteiger partial charge on any atom is -0.467 e. The topological polar surface area (TPSA) is 64.1 Å². The zero-order chi connectivity index (χ0) is 23.8. The lowest BCUT2D eigenvalue weighted by molar-refractivity contribution is -0.118. The molecular weight excluding hydrogens is 442 g/mol. The number of hydrogen-bond donors (Lipinski definition) is 1. The molecule has 1 aliphatic rings. The third-order valence-corrected chi connectivity index (χ3v) is 7.56. The number of fused-ring (bicyclic) bond motifs is 3. The first-order chi connectivity index (χ1) is 16.4. The summed E-state index contributed by atoms with van der Waals surface area (Å²) in [6, 6.07) is 12.3. The second kappa shape index (κ2) is 9.18. The molecule has 2 heterocycles. The number of benzene rings is 2. The van der Waals surface area contributed by atoms with E-state index in [9.17, 15) is 4.79 Å². The van der Waals surface area contributed by atoms with Gasteiger partial charge >= 0.3 is 0 Å². The third-order valence-electron chi connectivity index (χ3n) is 6.37. The van der Waals surface area contributed by atoms with Crippen molar-refractivity contribution < 1.29 is 9.53 Å². The van der Waals surface area contributed by atoms with E-state index in [2.05, 4.69) is 43.4 Å². The number of nitrogens with one attached hydrogen (secondary N) is 1. The van der Waals surface area contributed by atoms with Crippen molar-refractivity contribution in [3.63, 3.8) is 0 Å². The predicted octanol–water partition coefficient (Wildman–Crippen LogP) is 6.49. The summed E-state index contributed by atoms with van der Waals surface area (Å²) in [5.74, 6) is 0.946. The SMILES string of the molecule is Cc1ccc(-c2nc(OCC(=O)Nc3c(C)cc(C)cc3C)c3c4c(sc3n2)CCCC4)cc1. The van der Waals surface area contributed by atoms with Crippen LogP contribution in [0.3, 0.4) is 0 Å². The van der Waals surface area contributed by atoms with Crippen LogP contribution in [-0.2, 0) is 17.6 Å². The van der Waals surface area contributed by atoms with Crippen molar-refractivity contribution in [1.82, 2.24) is 9.97 Å². The maximum atomic E-state index is 12.9. The van der Waals surface area contributed by atoms with Gasteiger partial charge in [0.1, 0.15) is 4.83 Å². The number of carbonyl (C=O) groups is 1. The Bertz CT molecular complexity index is 1370. The molecule has 0 saturated heterocycles. The Balaban J connectivity index is 1.47. The van der Waals surface area contributed by atoms with Gasteiger partial charge in [0.25, 0.3) is 5.91 Å². The average Bonchev–Trinajstić information content (AvgIpc) is 3.19. The van der Waals surface area contributed by atoms with Crippen LogP contribution >= 0.6 is 11.3 Å². The van der Waals surface area contributed by atoms with Crippen molar-refractivity contribution in [3.05, 3.63) is 69.1 Å². The molecule has 0 atom stereocenters. The van der Waals surface area contributed by atoms with Crippen LogP contribution < -0.4 is 10.1 Å². The highest BCUT2D eigenvalue weighted by Gasteiger charge is 2.23. The fourth-order valence-electron chi connectivity index (χ4n) is 4.75. The third kappa shape index (κ3) is 4.42. The molecule has 0 spiro atoms. The van der Waals surface area contributed by atoms with Gasteiger partial charge in [-0.15, -0.1) is 11.3 Å². The Kier molecular flexibility index (Phi) is 6.09. The van der Waals surface area contributed by atoms with E-state index in [0.29, 0.717) is 11.7 Å². The number of nitrogens with zero attached hydrogens (tertiary/aromatic N) is 2. The number of ether oxygens (including phenoxy) is 1. The molecule has 174 valence electrons. The van der Waals surface area contributed by atoms with E-state index >= 15 is 0 Å². The standard InChI is InChI=1S/C28H29N3O2S/c1-16-9-11-20(12-10-16)26-30-27(24-21-7-5-6-8-22(21)34-28(24)31-26)33-15-23(32)29-25-18(3)13-17(2)14-19(25)4/h9-14H,5-8,15H2,1-4H3,(H,29,32). The molecule has 0 unspecified atom stereocenters. The van der Waals surface area contributed by atoms with E-state index in [0.717, 1.165) is 51.9 Å². The molecule has 2 aromatic carbocycles. The zero-order valence-corrected chi connectivity index (χ0v) is 20.9. The molecular formula is C28H29N3O2S. The predicted molar refractivity (Wildman–Crippen MR) is 139 cm³/mol. The van der Waals surface area contributed by atoms with Gasteiger partial charge in [0.2, 0.25) is 5.88 Å². The number of rotatable bonds is 5. The maximum Gasteiger partial charge on any atom is 0.262 e. The summed E-state index contributed by atoms with van der Waals surface area (Å²) in [7, 11) is 0. The van der Waals surface area contributed by atoms with E-state index in [1.807, 2.05) is 26.0 Å². The summed E-state index contributed by atoms with van der Waals surface area (Å²) in [4.78, 5) is 24.9. The van der Waals surface area contributed by atoms with E-state index in [-0.39, 0.29) is 12.5 Å². The lowest BCUT2D eigenvalue weighted by atomic mass is 9.97. The van der Waals surface area contributed by atoms with Crippen molar-refractivity contribution in [2.45, 2.75) is 53.4 Å². The summed E-state index contributed by atoms with van der Waals surface area (Å²) in [6.45, 7) is 8.04. The number of carbonyl (C=O) groups excluding carboxylic acids is 1. The van der Waals surface area contributed by atoms with Gasteiger partial charge < -0.3 is 10.1 Å². The van der Waals surface area contributed by atoms with Crippen molar-refractivity contribution >= 4 is 33.1 Å². The second-order valence-electron chi connectivity index (χ2n) is 9.22. The quantitative estimate of drug-likeness (QED) is 0.361. The van der Waals surface area contributed by atoms with E-state index in [4.69, 9.17) is 14.7 Å². The van der Waals surface area contributed by atoms with Crippen LogP contribution in [0.15, 0.2) is 36.4 Å². The van der Waals surface area contributed by atoms with Crippen LogP contribution in [-0.4, -0.2) is 22.5 Å². The first-order valence-electron chi connectivity index (χ1n) is 11.8. The highest BCUT2D eigenvalue weighted by atomic mass is 32.1. The minimum absolute atomic E-state index is 0.100. The van der Waals surface area contributed by atoms with Crippen molar-refractivity contribution in [2.75, 3.05) is 11.9 Å². The number of aromatic nitrogens is 2. The number of aryl methyl sites for hydroxylation is 6. The molecule has 6 heteroatoms. The molecule has 4 aromatic rings. The highest BCUT2D eigenvalue weighted by molar-refractivity contribution is 7.18. The Labute approximate surface area is 204 Å². The Hall–Kier alpha value is -3.25. The number of hydrogen-bond acceptors (Lipinski definition) is 5. The van der Waals surface area contributed by atoms with Gasteiger partial charge in [0, 0.05) is 16.1 Å². The van der Waals surface area contributed by atoms with Crippen LogP contribution in [0.5, 0.6) is 5.88 Å². The van der Waals surface area contributed by atoms with Crippen LogP contribution in [0.4, 0.5) is 5.69 Å². The summed E-state index contributed by atoms with van der Waals surface area (Å²) in [5, 5.41) is 4.01. The van der Waals surface area contributed by atoms with Crippen molar-refractivity contribution in [2.24, 2.45) is 0 Å². The molecule has 1 aliphatic carbocycles. The maximum absolute atomic E-state index is 12.9. The van der Waals surface area contributed by atoms with Crippen LogP contribution in [0.2, 0.25) is 0 Å². The first-order valence-corrected chi connectivity index (χ1v) is 12.6. The Morgan fingerprint density at radius 3 is 2.41 bits per heavy atom. The summed E-state index contributed by atoms with van der Waals surface area (Å²) >= 11 is 1.74. The number of amides is 1. The summed E-state index contributed by atoms with van der Waals surface area (Å²) in [6.07, 6.45) is 4.44. The largest absolute Gasteiger partial charge is 0.467 e. The Morgan fingerprint density at radius 2 is 1.68 bits per heavy atom. The van der Waals surface area contributed by atoms with E-state index < -0.39 is 0 Å². The average molecular weight is 472 g/mol. The van der Waals surface area contributed by atoms with Crippen molar-refractivity contribution in [1.29, 1.82) is 0 Å². The molecule has 2 aromatic heterocycles. The normalized spacial score (nSPS) is 13.1.